The van der Waals surface area contributed by atoms with Gasteiger partial charge >= 0.3 is 0 Å². The van der Waals surface area contributed by atoms with Crippen molar-refractivity contribution in [1.29, 1.82) is 0 Å². The first-order valence-electron chi connectivity index (χ1n) is 5.71. The number of methoxy groups -OCH3 is 1. The smallest absolute Gasteiger partial charge is 0.214 e. The minimum absolute atomic E-state index is 0.0654. The highest BCUT2D eigenvalue weighted by molar-refractivity contribution is 6.10. The van der Waals surface area contributed by atoms with Crippen molar-refractivity contribution in [1.82, 2.24) is 9.55 Å². The lowest BCUT2D eigenvalue weighted by Gasteiger charge is -2.12. The van der Waals surface area contributed by atoms with E-state index in [9.17, 15) is 4.79 Å². The Morgan fingerprint density at radius 3 is 2.61 bits per heavy atom. The van der Waals surface area contributed by atoms with E-state index >= 15 is 0 Å². The molecule has 0 saturated heterocycles. The molecule has 0 aliphatic rings. The number of benzene rings is 1. The molecule has 4 nitrogen and oxygen atoms in total. The molecule has 4 heteroatoms. The zero-order valence-corrected chi connectivity index (χ0v) is 11.0. The van der Waals surface area contributed by atoms with Crippen molar-refractivity contribution >= 4 is 5.78 Å². The number of nitrogens with zero attached hydrogens (tertiary/aromatic N) is 2. The highest BCUT2D eigenvalue weighted by atomic mass is 16.5. The first-order valence-corrected chi connectivity index (χ1v) is 5.71. The lowest BCUT2D eigenvalue weighted by atomic mass is 9.99. The maximum atomic E-state index is 12.5. The number of imidazole rings is 1. The lowest BCUT2D eigenvalue weighted by molar-refractivity contribution is 0.102. The van der Waals surface area contributed by atoms with Crippen LogP contribution in [0, 0.1) is 13.8 Å². The van der Waals surface area contributed by atoms with Gasteiger partial charge in [-0.05, 0) is 31.0 Å². The molecule has 1 aromatic heterocycles. The van der Waals surface area contributed by atoms with Crippen molar-refractivity contribution in [2.45, 2.75) is 13.8 Å². The highest BCUT2D eigenvalue weighted by Crippen LogP contribution is 2.26. The normalized spacial score (nSPS) is 10.4. The fourth-order valence-corrected chi connectivity index (χ4v) is 2.08. The Kier molecular flexibility index (Phi) is 3.19. The Hall–Kier alpha value is -2.10. The molecule has 2 aromatic rings. The molecule has 0 aliphatic carbocycles. The van der Waals surface area contributed by atoms with Gasteiger partial charge in [0.25, 0.3) is 0 Å². The lowest BCUT2D eigenvalue weighted by Crippen LogP contribution is -2.10. The van der Waals surface area contributed by atoms with Crippen molar-refractivity contribution in [3.05, 3.63) is 47.0 Å². The van der Waals surface area contributed by atoms with Crippen molar-refractivity contribution in [2.24, 2.45) is 7.05 Å². The van der Waals surface area contributed by atoms with Crippen LogP contribution in [0.2, 0.25) is 0 Å². The van der Waals surface area contributed by atoms with Gasteiger partial charge in [0.05, 0.1) is 25.2 Å². The van der Waals surface area contributed by atoms with Gasteiger partial charge in [0.15, 0.2) is 0 Å². The third-order valence-corrected chi connectivity index (χ3v) is 2.94. The first kappa shape index (κ1) is 12.4. The number of hydrogen-bond donors (Lipinski definition) is 0. The summed E-state index contributed by atoms with van der Waals surface area (Å²) < 4.78 is 7.02. The van der Waals surface area contributed by atoms with E-state index in [-0.39, 0.29) is 5.78 Å². The van der Waals surface area contributed by atoms with Crippen molar-refractivity contribution in [2.75, 3.05) is 7.11 Å². The van der Waals surface area contributed by atoms with Gasteiger partial charge in [-0.2, -0.15) is 0 Å². The molecule has 0 fully saturated rings. The van der Waals surface area contributed by atoms with Crippen LogP contribution in [-0.2, 0) is 7.05 Å². The van der Waals surface area contributed by atoms with Crippen molar-refractivity contribution in [3.8, 4) is 5.75 Å². The summed E-state index contributed by atoms with van der Waals surface area (Å²) in [5.41, 5.74) is 3.15. The van der Waals surface area contributed by atoms with Gasteiger partial charge in [-0.15, -0.1) is 0 Å². The summed E-state index contributed by atoms with van der Waals surface area (Å²) in [6.45, 7) is 3.90. The van der Waals surface area contributed by atoms with Crippen LogP contribution in [0.25, 0.3) is 0 Å². The Labute approximate surface area is 106 Å². The molecule has 0 atom stereocenters. The van der Waals surface area contributed by atoms with Gasteiger partial charge in [0.2, 0.25) is 5.78 Å². The predicted octanol–water partition coefficient (Wildman–Crippen LogP) is 2.28. The summed E-state index contributed by atoms with van der Waals surface area (Å²) in [7, 11) is 3.38. The second-order valence-electron chi connectivity index (χ2n) is 4.38. The molecule has 1 aromatic carbocycles. The summed E-state index contributed by atoms with van der Waals surface area (Å²) >= 11 is 0. The molecule has 0 bridgehead atoms. The van der Waals surface area contributed by atoms with E-state index in [0.717, 1.165) is 11.1 Å². The van der Waals surface area contributed by atoms with E-state index in [1.54, 1.807) is 31.2 Å². The van der Waals surface area contributed by atoms with Crippen LogP contribution in [-0.4, -0.2) is 22.4 Å². The molecule has 18 heavy (non-hydrogen) atoms. The number of ketones is 1. The predicted molar refractivity (Wildman–Crippen MR) is 69.1 cm³/mol. The van der Waals surface area contributed by atoms with Gasteiger partial charge in [0.1, 0.15) is 11.4 Å². The summed E-state index contributed by atoms with van der Waals surface area (Å²) in [4.78, 5) is 16.5. The highest BCUT2D eigenvalue weighted by Gasteiger charge is 2.19. The third kappa shape index (κ3) is 2.01. The second-order valence-corrected chi connectivity index (χ2v) is 4.38. The molecule has 0 radical (unpaired) electrons. The molecule has 0 aliphatic heterocycles. The number of rotatable bonds is 3. The average Bonchev–Trinajstić information content (AvgIpc) is 2.73. The monoisotopic (exact) mass is 244 g/mol. The molecule has 0 unspecified atom stereocenters. The maximum absolute atomic E-state index is 12.5. The minimum atomic E-state index is -0.0654. The largest absolute Gasteiger partial charge is 0.496 e. The van der Waals surface area contributed by atoms with Crippen molar-refractivity contribution < 1.29 is 9.53 Å². The van der Waals surface area contributed by atoms with E-state index in [2.05, 4.69) is 4.98 Å². The molecule has 2 rings (SSSR count). The maximum Gasteiger partial charge on any atom is 0.214 e. The molecule has 0 N–H and O–H groups in total. The number of ether oxygens (including phenoxy) is 1. The van der Waals surface area contributed by atoms with Gasteiger partial charge in [-0.25, -0.2) is 4.98 Å². The zero-order chi connectivity index (χ0) is 13.3. The van der Waals surface area contributed by atoms with Crippen LogP contribution >= 0.6 is 0 Å². The number of hydrogen-bond acceptors (Lipinski definition) is 3. The van der Waals surface area contributed by atoms with E-state index < -0.39 is 0 Å². The molecule has 0 spiro atoms. The van der Waals surface area contributed by atoms with Gasteiger partial charge < -0.3 is 9.30 Å². The standard InChI is InChI=1S/C14H16N2O2/c1-9-5-10(2)13(12(6-9)18-4)14(17)11-7-15-8-16(11)3/h5-8H,1-4H3. The fraction of sp³-hybridized carbons (Fsp3) is 0.286. The number of carbonyl (C=O) groups is 1. The molecular formula is C14H16N2O2. The SMILES string of the molecule is COc1cc(C)cc(C)c1C(=O)c1cncn1C. The Morgan fingerprint density at radius 2 is 2.06 bits per heavy atom. The summed E-state index contributed by atoms with van der Waals surface area (Å²) in [5.74, 6) is 0.544. The van der Waals surface area contributed by atoms with Crippen LogP contribution in [0.5, 0.6) is 5.75 Å². The van der Waals surface area contributed by atoms with Crippen molar-refractivity contribution in [3.63, 3.8) is 0 Å². The second kappa shape index (κ2) is 4.64. The molecule has 1 heterocycles. The van der Waals surface area contributed by atoms with Crippen LogP contribution in [0.4, 0.5) is 0 Å². The third-order valence-electron chi connectivity index (χ3n) is 2.94. The average molecular weight is 244 g/mol. The fourth-order valence-electron chi connectivity index (χ4n) is 2.08. The van der Waals surface area contributed by atoms with E-state index in [0.29, 0.717) is 17.0 Å². The summed E-state index contributed by atoms with van der Waals surface area (Å²) in [6, 6.07) is 3.85. The summed E-state index contributed by atoms with van der Waals surface area (Å²) in [6.07, 6.45) is 3.18. The van der Waals surface area contributed by atoms with Crippen LogP contribution in [0.1, 0.15) is 27.2 Å². The van der Waals surface area contributed by atoms with E-state index in [1.807, 2.05) is 26.0 Å². The topological polar surface area (TPSA) is 44.1 Å². The zero-order valence-electron chi connectivity index (χ0n) is 11.0. The van der Waals surface area contributed by atoms with E-state index in [1.165, 1.54) is 0 Å². The minimum Gasteiger partial charge on any atom is -0.496 e. The Bertz CT molecular complexity index is 600. The Morgan fingerprint density at radius 1 is 1.33 bits per heavy atom. The summed E-state index contributed by atoms with van der Waals surface area (Å²) in [5, 5.41) is 0. The number of aromatic nitrogens is 2. The number of carbonyl (C=O) groups excluding carboxylic acids is 1. The molecule has 0 saturated carbocycles. The van der Waals surface area contributed by atoms with Crippen LogP contribution in [0.3, 0.4) is 0 Å². The molecule has 0 amide bonds. The van der Waals surface area contributed by atoms with Gasteiger partial charge in [-0.1, -0.05) is 6.07 Å². The van der Waals surface area contributed by atoms with E-state index in [4.69, 9.17) is 4.74 Å². The Balaban J connectivity index is 2.58. The van der Waals surface area contributed by atoms with Crippen LogP contribution < -0.4 is 4.74 Å². The molecular weight excluding hydrogens is 228 g/mol. The molecule has 94 valence electrons. The number of aryl methyl sites for hydroxylation is 3. The quantitative estimate of drug-likeness (QED) is 0.778. The van der Waals surface area contributed by atoms with Gasteiger partial charge in [0, 0.05) is 7.05 Å². The first-order chi connectivity index (χ1) is 8.54. The van der Waals surface area contributed by atoms with Crippen LogP contribution in [0.15, 0.2) is 24.7 Å². The van der Waals surface area contributed by atoms with Gasteiger partial charge in [-0.3, -0.25) is 4.79 Å².